The average molecular weight is 255 g/mol. The Morgan fingerprint density at radius 2 is 2.00 bits per heavy atom. The smallest absolute Gasteiger partial charge is 0.326 e. The minimum atomic E-state index is -0.474. The molecular formula is C14H25NO3. The molecule has 3 atom stereocenters. The minimum absolute atomic E-state index is 0.0387. The molecular weight excluding hydrogens is 230 g/mol. The summed E-state index contributed by atoms with van der Waals surface area (Å²) in [5.41, 5.74) is -0.474. The normalized spacial score (nSPS) is 37.2. The van der Waals surface area contributed by atoms with Gasteiger partial charge in [-0.3, -0.25) is 4.79 Å². The average Bonchev–Trinajstić information content (AvgIpc) is 2.40. The Kier molecular flexibility index (Phi) is 4.62. The van der Waals surface area contributed by atoms with Gasteiger partial charge in [-0.25, -0.2) is 0 Å². The Hall–Kier alpha value is -0.610. The molecule has 2 fully saturated rings. The van der Waals surface area contributed by atoms with Crippen molar-refractivity contribution in [2.24, 2.45) is 0 Å². The zero-order chi connectivity index (χ0) is 13.0. The van der Waals surface area contributed by atoms with E-state index in [1.165, 1.54) is 0 Å². The van der Waals surface area contributed by atoms with Gasteiger partial charge in [0.15, 0.2) is 0 Å². The number of hydrogen-bond acceptors (Lipinski definition) is 4. The van der Waals surface area contributed by atoms with E-state index in [1.807, 2.05) is 6.92 Å². The van der Waals surface area contributed by atoms with Crippen molar-refractivity contribution >= 4 is 5.97 Å². The third-order valence-corrected chi connectivity index (χ3v) is 4.25. The minimum Gasteiger partial charge on any atom is -0.461 e. The van der Waals surface area contributed by atoms with Crippen molar-refractivity contribution in [2.45, 2.75) is 69.6 Å². The lowest BCUT2D eigenvalue weighted by molar-refractivity contribution is -0.161. The first-order chi connectivity index (χ1) is 8.64. The standard InChI is InChI=1S/C14H25NO3/c1-14(8-3-4-9-15-14)13(16)18-12-7-5-6-11(10-12)17-2/h11-12,15H,3-10H2,1-2H3. The van der Waals surface area contributed by atoms with Gasteiger partial charge in [-0.15, -0.1) is 0 Å². The van der Waals surface area contributed by atoms with Crippen LogP contribution in [-0.4, -0.2) is 37.4 Å². The van der Waals surface area contributed by atoms with E-state index in [1.54, 1.807) is 7.11 Å². The zero-order valence-electron chi connectivity index (χ0n) is 11.5. The van der Waals surface area contributed by atoms with E-state index in [0.717, 1.165) is 51.5 Å². The third kappa shape index (κ3) is 3.23. The van der Waals surface area contributed by atoms with E-state index in [9.17, 15) is 4.79 Å². The lowest BCUT2D eigenvalue weighted by Crippen LogP contribution is -2.54. The van der Waals surface area contributed by atoms with Gasteiger partial charge in [-0.2, -0.15) is 0 Å². The first-order valence-corrected chi connectivity index (χ1v) is 7.13. The number of nitrogens with one attached hydrogen (secondary N) is 1. The fourth-order valence-electron chi connectivity index (χ4n) is 2.94. The SMILES string of the molecule is COC1CCCC(OC(=O)C2(C)CCCCN2)C1. The molecule has 0 spiro atoms. The largest absolute Gasteiger partial charge is 0.461 e. The molecule has 0 bridgehead atoms. The molecule has 1 N–H and O–H groups in total. The van der Waals surface area contributed by atoms with Crippen LogP contribution in [0, 0.1) is 0 Å². The Morgan fingerprint density at radius 3 is 2.67 bits per heavy atom. The highest BCUT2D eigenvalue weighted by Gasteiger charge is 2.37. The molecule has 0 aromatic rings. The molecule has 104 valence electrons. The van der Waals surface area contributed by atoms with Crippen molar-refractivity contribution in [1.82, 2.24) is 5.32 Å². The highest BCUT2D eigenvalue weighted by atomic mass is 16.5. The molecule has 18 heavy (non-hydrogen) atoms. The van der Waals surface area contributed by atoms with Gasteiger partial charge in [0.1, 0.15) is 11.6 Å². The predicted molar refractivity (Wildman–Crippen MR) is 69.4 cm³/mol. The van der Waals surface area contributed by atoms with Crippen LogP contribution in [0.2, 0.25) is 0 Å². The van der Waals surface area contributed by atoms with Crippen molar-refractivity contribution in [3.63, 3.8) is 0 Å². The zero-order valence-corrected chi connectivity index (χ0v) is 11.5. The van der Waals surface area contributed by atoms with Gasteiger partial charge >= 0.3 is 5.97 Å². The molecule has 1 heterocycles. The Bertz CT molecular complexity index is 287. The van der Waals surface area contributed by atoms with Crippen LogP contribution >= 0.6 is 0 Å². The van der Waals surface area contributed by atoms with Gasteiger partial charge in [0, 0.05) is 13.5 Å². The van der Waals surface area contributed by atoms with Crippen LogP contribution in [0.15, 0.2) is 0 Å². The molecule has 1 aliphatic heterocycles. The highest BCUT2D eigenvalue weighted by Crippen LogP contribution is 2.26. The second kappa shape index (κ2) is 6.02. The van der Waals surface area contributed by atoms with Crippen LogP contribution in [0.3, 0.4) is 0 Å². The number of hydrogen-bond donors (Lipinski definition) is 1. The third-order valence-electron chi connectivity index (χ3n) is 4.25. The van der Waals surface area contributed by atoms with E-state index >= 15 is 0 Å². The topological polar surface area (TPSA) is 47.6 Å². The van der Waals surface area contributed by atoms with Crippen LogP contribution in [0.1, 0.15) is 51.9 Å². The van der Waals surface area contributed by atoms with Crippen molar-refractivity contribution in [3.8, 4) is 0 Å². The molecule has 4 heteroatoms. The molecule has 0 aromatic carbocycles. The second-order valence-electron chi connectivity index (χ2n) is 5.77. The van der Waals surface area contributed by atoms with Crippen LogP contribution in [0.5, 0.6) is 0 Å². The summed E-state index contributed by atoms with van der Waals surface area (Å²) < 4.78 is 11.1. The first kappa shape index (κ1) is 13.8. The maximum Gasteiger partial charge on any atom is 0.326 e. The van der Waals surface area contributed by atoms with Gasteiger partial charge < -0.3 is 14.8 Å². The fraction of sp³-hybridized carbons (Fsp3) is 0.929. The molecule has 2 rings (SSSR count). The number of carbonyl (C=O) groups is 1. The van der Waals surface area contributed by atoms with Gasteiger partial charge in [0.2, 0.25) is 0 Å². The summed E-state index contributed by atoms with van der Waals surface area (Å²) in [6.45, 7) is 2.88. The maximum atomic E-state index is 12.3. The number of rotatable bonds is 3. The molecule has 3 unspecified atom stereocenters. The summed E-state index contributed by atoms with van der Waals surface area (Å²) in [6.07, 6.45) is 7.41. The van der Waals surface area contributed by atoms with Crippen molar-refractivity contribution in [2.75, 3.05) is 13.7 Å². The lowest BCUT2D eigenvalue weighted by Gasteiger charge is -2.35. The summed E-state index contributed by atoms with van der Waals surface area (Å²) in [4.78, 5) is 12.3. The van der Waals surface area contributed by atoms with Crippen LogP contribution in [-0.2, 0) is 14.3 Å². The second-order valence-corrected chi connectivity index (χ2v) is 5.77. The van der Waals surface area contributed by atoms with Gasteiger partial charge in [-0.05, 0) is 52.0 Å². The molecule has 0 amide bonds. The number of piperidine rings is 1. The summed E-state index contributed by atoms with van der Waals surface area (Å²) in [5, 5.41) is 3.30. The molecule has 1 saturated carbocycles. The Balaban J connectivity index is 1.86. The highest BCUT2D eigenvalue weighted by molar-refractivity contribution is 5.80. The Labute approximate surface area is 109 Å². The van der Waals surface area contributed by atoms with E-state index in [2.05, 4.69) is 5.32 Å². The Morgan fingerprint density at radius 1 is 1.22 bits per heavy atom. The summed E-state index contributed by atoms with van der Waals surface area (Å²) >= 11 is 0. The van der Waals surface area contributed by atoms with Crippen molar-refractivity contribution in [3.05, 3.63) is 0 Å². The van der Waals surface area contributed by atoms with E-state index in [4.69, 9.17) is 9.47 Å². The molecule has 1 saturated heterocycles. The number of carbonyl (C=O) groups excluding carboxylic acids is 1. The summed E-state index contributed by atoms with van der Waals surface area (Å²) in [7, 11) is 1.73. The van der Waals surface area contributed by atoms with E-state index in [0.29, 0.717) is 0 Å². The van der Waals surface area contributed by atoms with Crippen molar-refractivity contribution in [1.29, 1.82) is 0 Å². The maximum absolute atomic E-state index is 12.3. The fourth-order valence-corrected chi connectivity index (χ4v) is 2.94. The van der Waals surface area contributed by atoms with Gasteiger partial charge in [0.05, 0.1) is 6.10 Å². The number of ether oxygens (including phenoxy) is 2. The van der Waals surface area contributed by atoms with Crippen LogP contribution in [0.25, 0.3) is 0 Å². The monoisotopic (exact) mass is 255 g/mol. The lowest BCUT2D eigenvalue weighted by atomic mass is 9.90. The predicted octanol–water partition coefficient (Wildman–Crippen LogP) is 2.02. The first-order valence-electron chi connectivity index (χ1n) is 7.13. The van der Waals surface area contributed by atoms with Crippen LogP contribution in [0.4, 0.5) is 0 Å². The molecule has 0 radical (unpaired) electrons. The molecule has 0 aromatic heterocycles. The van der Waals surface area contributed by atoms with Crippen LogP contribution < -0.4 is 5.32 Å². The van der Waals surface area contributed by atoms with Gasteiger partial charge in [0.25, 0.3) is 0 Å². The summed E-state index contributed by atoms with van der Waals surface area (Å²) in [5.74, 6) is -0.0797. The molecule has 1 aliphatic carbocycles. The van der Waals surface area contributed by atoms with Gasteiger partial charge in [-0.1, -0.05) is 0 Å². The van der Waals surface area contributed by atoms with E-state index < -0.39 is 5.54 Å². The molecule has 4 nitrogen and oxygen atoms in total. The quantitative estimate of drug-likeness (QED) is 0.784. The number of esters is 1. The number of methoxy groups -OCH3 is 1. The molecule has 2 aliphatic rings. The summed E-state index contributed by atoms with van der Waals surface area (Å²) in [6, 6.07) is 0. The van der Waals surface area contributed by atoms with E-state index in [-0.39, 0.29) is 18.2 Å². The van der Waals surface area contributed by atoms with Crippen molar-refractivity contribution < 1.29 is 14.3 Å².